The van der Waals surface area contributed by atoms with Crippen LogP contribution in [0.3, 0.4) is 0 Å². The summed E-state index contributed by atoms with van der Waals surface area (Å²) in [5.74, 6) is 0.677. The highest BCUT2D eigenvalue weighted by Gasteiger charge is 2.35. The molecule has 8 nitrogen and oxygen atoms in total. The quantitative estimate of drug-likeness (QED) is 0.587. The Morgan fingerprint density at radius 3 is 2.88 bits per heavy atom. The van der Waals surface area contributed by atoms with Crippen molar-refractivity contribution in [2.45, 2.75) is 51.2 Å². The van der Waals surface area contributed by atoms with Crippen LogP contribution in [0, 0.1) is 5.92 Å². The zero-order valence-corrected chi connectivity index (χ0v) is 15.6. The van der Waals surface area contributed by atoms with Crippen LogP contribution in [-0.2, 0) is 26.0 Å². The van der Waals surface area contributed by atoms with Gasteiger partial charge in [-0.05, 0) is 25.7 Å². The molecule has 1 aromatic rings. The molecule has 1 heterocycles. The fourth-order valence-corrected chi connectivity index (χ4v) is 3.93. The summed E-state index contributed by atoms with van der Waals surface area (Å²) < 4.78 is 31.5. The number of aromatic nitrogens is 2. The average molecular weight is 372 g/mol. The molecule has 25 heavy (non-hydrogen) atoms. The largest absolute Gasteiger partial charge is 0.377 e. The second kappa shape index (κ2) is 9.30. The van der Waals surface area contributed by atoms with Crippen LogP contribution in [0.4, 0.5) is 0 Å². The van der Waals surface area contributed by atoms with Crippen molar-refractivity contribution in [1.29, 1.82) is 0 Å². The van der Waals surface area contributed by atoms with E-state index < -0.39 is 10.0 Å². The summed E-state index contributed by atoms with van der Waals surface area (Å²) in [6, 6.07) is -0.270. The van der Waals surface area contributed by atoms with Crippen molar-refractivity contribution in [3.63, 3.8) is 0 Å². The lowest BCUT2D eigenvalue weighted by Gasteiger charge is -2.35. The van der Waals surface area contributed by atoms with Crippen LogP contribution in [0.1, 0.15) is 38.4 Å². The van der Waals surface area contributed by atoms with Gasteiger partial charge in [0.25, 0.3) is 0 Å². The van der Waals surface area contributed by atoms with Crippen LogP contribution in [0.25, 0.3) is 0 Å². The molecule has 0 bridgehead atoms. The van der Waals surface area contributed by atoms with E-state index in [4.69, 9.17) is 4.74 Å². The highest BCUT2D eigenvalue weighted by Crippen LogP contribution is 2.27. The van der Waals surface area contributed by atoms with Crippen molar-refractivity contribution in [2.24, 2.45) is 5.92 Å². The number of hydrogen-bond acceptors (Lipinski definition) is 5. The summed E-state index contributed by atoms with van der Waals surface area (Å²) >= 11 is 0. The van der Waals surface area contributed by atoms with E-state index in [1.165, 1.54) is 0 Å². The summed E-state index contributed by atoms with van der Waals surface area (Å²) in [6.45, 7) is 3.08. The number of sulfonamides is 1. The van der Waals surface area contributed by atoms with E-state index in [1.807, 2.05) is 6.92 Å². The molecule has 1 fully saturated rings. The van der Waals surface area contributed by atoms with Gasteiger partial charge in [-0.25, -0.2) is 18.1 Å². The van der Waals surface area contributed by atoms with Crippen molar-refractivity contribution in [2.75, 3.05) is 19.4 Å². The maximum Gasteiger partial charge on any atom is 0.223 e. The van der Waals surface area contributed by atoms with Gasteiger partial charge in [-0.3, -0.25) is 4.79 Å². The normalized spacial score (nSPS) is 24.2. The van der Waals surface area contributed by atoms with Gasteiger partial charge in [0.1, 0.15) is 5.82 Å². The molecule has 0 unspecified atom stereocenters. The van der Waals surface area contributed by atoms with E-state index in [2.05, 4.69) is 20.0 Å². The molecule has 1 aliphatic rings. The Bertz CT molecular complexity index is 633. The molecule has 1 aliphatic carbocycles. The first-order valence-electron chi connectivity index (χ1n) is 8.74. The number of hydrogen-bond donors (Lipinski definition) is 3. The second-order valence-corrected chi connectivity index (χ2v) is 8.27. The summed E-state index contributed by atoms with van der Waals surface area (Å²) in [6.07, 6.45) is 7.58. The molecule has 3 N–H and O–H groups in total. The minimum Gasteiger partial charge on any atom is -0.377 e. The molecular formula is C16H28N4O4S. The second-order valence-electron chi connectivity index (χ2n) is 6.49. The molecule has 142 valence electrons. The molecule has 1 amide bonds. The number of nitrogens with zero attached hydrogens (tertiary/aromatic N) is 1. The van der Waals surface area contributed by atoms with Gasteiger partial charge in [-0.1, -0.05) is 6.92 Å². The number of H-pyrrole nitrogens is 1. The molecule has 9 heteroatoms. The monoisotopic (exact) mass is 372 g/mol. The summed E-state index contributed by atoms with van der Waals surface area (Å²) in [4.78, 5) is 19.5. The molecule has 1 saturated carbocycles. The number of aromatic amines is 1. The van der Waals surface area contributed by atoms with Crippen LogP contribution in [-0.4, -0.2) is 55.8 Å². The van der Waals surface area contributed by atoms with E-state index in [-0.39, 0.29) is 24.0 Å². The third-order valence-corrected chi connectivity index (χ3v) is 5.01. The lowest BCUT2D eigenvalue weighted by molar-refractivity contribution is -0.128. The van der Waals surface area contributed by atoms with Crippen molar-refractivity contribution in [3.05, 3.63) is 18.2 Å². The van der Waals surface area contributed by atoms with Crippen LogP contribution in [0.2, 0.25) is 0 Å². The van der Waals surface area contributed by atoms with Gasteiger partial charge in [0.15, 0.2) is 0 Å². The first kappa shape index (κ1) is 19.9. The summed E-state index contributed by atoms with van der Waals surface area (Å²) in [7, 11) is -3.30. The fourth-order valence-electron chi connectivity index (χ4n) is 3.11. The topological polar surface area (TPSA) is 113 Å². The third kappa shape index (κ3) is 6.75. The number of amides is 1. The molecule has 2 rings (SSSR count). The van der Waals surface area contributed by atoms with Crippen molar-refractivity contribution in [3.8, 4) is 0 Å². The predicted octanol–water partition coefficient (Wildman–Crippen LogP) is 0.582. The van der Waals surface area contributed by atoms with Crippen LogP contribution < -0.4 is 10.0 Å². The highest BCUT2D eigenvalue weighted by molar-refractivity contribution is 7.88. The first-order chi connectivity index (χ1) is 11.9. The van der Waals surface area contributed by atoms with Crippen LogP contribution in [0.5, 0.6) is 0 Å². The Morgan fingerprint density at radius 1 is 1.44 bits per heavy atom. The van der Waals surface area contributed by atoms with Crippen LogP contribution in [0.15, 0.2) is 12.4 Å². The van der Waals surface area contributed by atoms with Gasteiger partial charge in [0.05, 0.1) is 12.4 Å². The number of nitrogens with one attached hydrogen (secondary N) is 3. The predicted molar refractivity (Wildman–Crippen MR) is 94.4 cm³/mol. The average Bonchev–Trinajstić information content (AvgIpc) is 3.05. The fraction of sp³-hybridized carbons (Fsp3) is 0.750. The van der Waals surface area contributed by atoms with Crippen molar-refractivity contribution in [1.82, 2.24) is 20.0 Å². The van der Waals surface area contributed by atoms with E-state index in [9.17, 15) is 13.2 Å². The smallest absolute Gasteiger partial charge is 0.223 e. The van der Waals surface area contributed by atoms with Crippen molar-refractivity contribution >= 4 is 15.9 Å². The Hall–Kier alpha value is -1.45. The molecule has 1 aromatic heterocycles. The number of carbonyl (C=O) groups is 1. The summed E-state index contributed by atoms with van der Waals surface area (Å²) in [5.41, 5.74) is 0. The highest BCUT2D eigenvalue weighted by atomic mass is 32.2. The van der Waals surface area contributed by atoms with Gasteiger partial charge in [0.2, 0.25) is 15.9 Å². The maximum atomic E-state index is 12.4. The summed E-state index contributed by atoms with van der Waals surface area (Å²) in [5, 5.41) is 2.94. The minimum atomic E-state index is -3.30. The van der Waals surface area contributed by atoms with Crippen molar-refractivity contribution < 1.29 is 17.9 Å². The van der Waals surface area contributed by atoms with E-state index in [0.29, 0.717) is 38.8 Å². The van der Waals surface area contributed by atoms with Gasteiger partial charge < -0.3 is 15.0 Å². The lowest BCUT2D eigenvalue weighted by atomic mass is 9.83. The minimum absolute atomic E-state index is 0.00513. The van der Waals surface area contributed by atoms with Crippen LogP contribution >= 0.6 is 0 Å². The Kier molecular flexibility index (Phi) is 7.39. The van der Waals surface area contributed by atoms with Gasteiger partial charge >= 0.3 is 0 Å². The Morgan fingerprint density at radius 2 is 2.24 bits per heavy atom. The number of ether oxygens (including phenoxy) is 1. The number of rotatable bonds is 9. The van der Waals surface area contributed by atoms with E-state index >= 15 is 0 Å². The third-order valence-electron chi connectivity index (χ3n) is 4.28. The zero-order chi connectivity index (χ0) is 18.3. The number of carbonyl (C=O) groups excluding carboxylic acids is 1. The van der Waals surface area contributed by atoms with Gasteiger partial charge in [-0.2, -0.15) is 0 Å². The first-order valence-corrected chi connectivity index (χ1v) is 10.6. The van der Waals surface area contributed by atoms with Gasteiger partial charge in [0, 0.05) is 43.9 Å². The molecule has 3 atom stereocenters. The van der Waals surface area contributed by atoms with Gasteiger partial charge in [-0.15, -0.1) is 0 Å². The molecule has 0 aliphatic heterocycles. The Balaban J connectivity index is 1.86. The van der Waals surface area contributed by atoms with E-state index in [1.54, 1.807) is 12.4 Å². The SMILES string of the molecule is CCCO[C@H]1C[C@@H](C(=O)NCCc2ncc[nH]2)CC[C@@H]1NS(C)(=O)=O. The Labute approximate surface area is 149 Å². The molecule has 0 saturated heterocycles. The zero-order valence-electron chi connectivity index (χ0n) is 14.8. The molecular weight excluding hydrogens is 344 g/mol. The van der Waals surface area contributed by atoms with E-state index in [0.717, 1.165) is 18.5 Å². The molecule has 0 radical (unpaired) electrons. The lowest BCUT2D eigenvalue weighted by Crippen LogP contribution is -2.50. The maximum absolute atomic E-state index is 12.4. The molecule has 0 aromatic carbocycles. The molecule has 0 spiro atoms. The standard InChI is InChI=1S/C16H28N4O4S/c1-3-10-24-14-11-12(4-5-13(14)20-25(2,22)23)16(21)19-7-6-15-17-8-9-18-15/h8-9,12-14,20H,3-7,10-11H2,1-2H3,(H,17,18)(H,19,21)/t12-,13-,14-/m0/s1. The number of imidazole rings is 1.